The minimum Gasteiger partial charge on any atom is -0.486 e. The molecule has 2 rings (SSSR count). The van der Waals surface area contributed by atoms with E-state index >= 15 is 0 Å². The van der Waals surface area contributed by atoms with Crippen molar-refractivity contribution in [2.75, 3.05) is 19.8 Å². The Kier molecular flexibility index (Phi) is 2.54. The summed E-state index contributed by atoms with van der Waals surface area (Å²) in [6.45, 7) is 2.28. The summed E-state index contributed by atoms with van der Waals surface area (Å²) in [7, 11) is 0. The highest BCUT2D eigenvalue weighted by atomic mass is 16.6. The Morgan fingerprint density at radius 2 is 1.93 bits per heavy atom. The summed E-state index contributed by atoms with van der Waals surface area (Å²) in [5.41, 5.74) is -0.621. The summed E-state index contributed by atoms with van der Waals surface area (Å²) in [6.07, 6.45) is 0. The summed E-state index contributed by atoms with van der Waals surface area (Å²) < 4.78 is 10.7. The van der Waals surface area contributed by atoms with E-state index in [9.17, 15) is 5.11 Å². The van der Waals surface area contributed by atoms with Gasteiger partial charge in [-0.3, -0.25) is 0 Å². The second-order valence-corrected chi connectivity index (χ2v) is 3.79. The zero-order valence-electron chi connectivity index (χ0n) is 8.56. The predicted octanol–water partition coefficient (Wildman–Crippen LogP) is 0.658. The lowest BCUT2D eigenvalue weighted by Gasteiger charge is -2.24. The van der Waals surface area contributed by atoms with E-state index in [-0.39, 0.29) is 6.61 Å². The third-order valence-electron chi connectivity index (χ3n) is 2.47. The SMILES string of the molecule is CC(O)(CO)c1ccc2c(c1)OCCO2. The first-order chi connectivity index (χ1) is 7.13. The van der Waals surface area contributed by atoms with Crippen LogP contribution in [0.5, 0.6) is 11.5 Å². The number of fused-ring (bicyclic) bond motifs is 1. The highest BCUT2D eigenvalue weighted by Gasteiger charge is 2.24. The van der Waals surface area contributed by atoms with Crippen molar-refractivity contribution in [3.63, 3.8) is 0 Å². The zero-order valence-corrected chi connectivity index (χ0v) is 8.56. The molecule has 1 unspecified atom stereocenters. The molecule has 82 valence electrons. The minimum atomic E-state index is -1.24. The summed E-state index contributed by atoms with van der Waals surface area (Å²) in [5, 5.41) is 18.9. The Morgan fingerprint density at radius 1 is 1.27 bits per heavy atom. The van der Waals surface area contributed by atoms with Crippen molar-refractivity contribution in [2.45, 2.75) is 12.5 Å². The molecule has 0 aromatic heterocycles. The second-order valence-electron chi connectivity index (χ2n) is 3.79. The van der Waals surface area contributed by atoms with Crippen LogP contribution in [0.2, 0.25) is 0 Å². The van der Waals surface area contributed by atoms with Crippen LogP contribution < -0.4 is 9.47 Å². The number of aliphatic hydroxyl groups excluding tert-OH is 1. The molecule has 1 aromatic rings. The first kappa shape index (κ1) is 10.3. The van der Waals surface area contributed by atoms with Crippen molar-refractivity contribution in [3.8, 4) is 11.5 Å². The van der Waals surface area contributed by atoms with E-state index in [1.54, 1.807) is 25.1 Å². The molecule has 1 atom stereocenters. The molecule has 4 heteroatoms. The Bertz CT molecular complexity index is 360. The van der Waals surface area contributed by atoms with Crippen molar-refractivity contribution in [3.05, 3.63) is 23.8 Å². The van der Waals surface area contributed by atoms with Gasteiger partial charge in [0.2, 0.25) is 0 Å². The highest BCUT2D eigenvalue weighted by Crippen LogP contribution is 2.34. The van der Waals surface area contributed by atoms with Crippen molar-refractivity contribution in [2.24, 2.45) is 0 Å². The van der Waals surface area contributed by atoms with Gasteiger partial charge in [0.15, 0.2) is 11.5 Å². The standard InChI is InChI=1S/C11H14O4/c1-11(13,7-12)8-2-3-9-10(6-8)15-5-4-14-9/h2-3,6,12-13H,4-5,7H2,1H3. The van der Waals surface area contributed by atoms with Crippen LogP contribution in [0.25, 0.3) is 0 Å². The molecule has 0 aliphatic carbocycles. The van der Waals surface area contributed by atoms with E-state index in [0.29, 0.717) is 30.3 Å². The molecule has 2 N–H and O–H groups in total. The van der Waals surface area contributed by atoms with Gasteiger partial charge in [-0.15, -0.1) is 0 Å². The van der Waals surface area contributed by atoms with Crippen LogP contribution in [0.3, 0.4) is 0 Å². The molecule has 0 bridgehead atoms. The molecule has 1 aliphatic rings. The van der Waals surface area contributed by atoms with Crippen molar-refractivity contribution in [1.82, 2.24) is 0 Å². The number of rotatable bonds is 2. The largest absolute Gasteiger partial charge is 0.486 e. The summed E-state index contributed by atoms with van der Waals surface area (Å²) >= 11 is 0. The van der Waals surface area contributed by atoms with Crippen LogP contribution in [0, 0.1) is 0 Å². The van der Waals surface area contributed by atoms with Gasteiger partial charge in [0, 0.05) is 0 Å². The first-order valence-corrected chi connectivity index (χ1v) is 4.87. The molecule has 1 aromatic carbocycles. The number of hydrogen-bond donors (Lipinski definition) is 2. The van der Waals surface area contributed by atoms with Gasteiger partial charge in [-0.05, 0) is 24.6 Å². The molecule has 4 nitrogen and oxygen atoms in total. The van der Waals surface area contributed by atoms with Crippen molar-refractivity contribution in [1.29, 1.82) is 0 Å². The topological polar surface area (TPSA) is 58.9 Å². The van der Waals surface area contributed by atoms with E-state index in [0.717, 1.165) is 0 Å². The van der Waals surface area contributed by atoms with E-state index in [1.165, 1.54) is 0 Å². The molecule has 0 saturated carbocycles. The Balaban J connectivity index is 2.36. The fourth-order valence-electron chi connectivity index (χ4n) is 1.47. The quantitative estimate of drug-likeness (QED) is 0.752. The zero-order chi connectivity index (χ0) is 10.9. The molecular formula is C11H14O4. The summed E-state index contributed by atoms with van der Waals surface area (Å²) in [6, 6.07) is 5.17. The van der Waals surface area contributed by atoms with Crippen molar-refractivity contribution < 1.29 is 19.7 Å². The van der Waals surface area contributed by atoms with Crippen LogP contribution in [0.15, 0.2) is 18.2 Å². The van der Waals surface area contributed by atoms with Gasteiger partial charge in [0.1, 0.15) is 18.8 Å². The molecule has 0 saturated heterocycles. The predicted molar refractivity (Wildman–Crippen MR) is 54.1 cm³/mol. The number of benzene rings is 1. The van der Waals surface area contributed by atoms with Gasteiger partial charge in [-0.25, -0.2) is 0 Å². The van der Waals surface area contributed by atoms with Crippen LogP contribution in [0.1, 0.15) is 12.5 Å². The van der Waals surface area contributed by atoms with E-state index in [4.69, 9.17) is 14.6 Å². The first-order valence-electron chi connectivity index (χ1n) is 4.87. The van der Waals surface area contributed by atoms with Crippen LogP contribution in [-0.2, 0) is 5.60 Å². The van der Waals surface area contributed by atoms with Crippen LogP contribution >= 0.6 is 0 Å². The monoisotopic (exact) mass is 210 g/mol. The third kappa shape index (κ3) is 1.91. The fourth-order valence-corrected chi connectivity index (χ4v) is 1.47. The average molecular weight is 210 g/mol. The lowest BCUT2D eigenvalue weighted by Crippen LogP contribution is -2.26. The van der Waals surface area contributed by atoms with E-state index in [2.05, 4.69) is 0 Å². The second kappa shape index (κ2) is 3.72. The molecule has 0 amide bonds. The lowest BCUT2D eigenvalue weighted by atomic mass is 9.96. The number of hydrogen-bond acceptors (Lipinski definition) is 4. The molecule has 15 heavy (non-hydrogen) atoms. The van der Waals surface area contributed by atoms with E-state index < -0.39 is 5.60 Å². The van der Waals surface area contributed by atoms with Gasteiger partial charge in [0.25, 0.3) is 0 Å². The van der Waals surface area contributed by atoms with E-state index in [1.807, 2.05) is 0 Å². The molecule has 1 heterocycles. The maximum absolute atomic E-state index is 9.85. The summed E-state index contributed by atoms with van der Waals surface area (Å²) in [5.74, 6) is 1.30. The highest BCUT2D eigenvalue weighted by molar-refractivity contribution is 5.45. The minimum absolute atomic E-state index is 0.327. The maximum Gasteiger partial charge on any atom is 0.161 e. The smallest absolute Gasteiger partial charge is 0.161 e. The van der Waals surface area contributed by atoms with Crippen molar-refractivity contribution >= 4 is 0 Å². The van der Waals surface area contributed by atoms with Gasteiger partial charge in [-0.2, -0.15) is 0 Å². The average Bonchev–Trinajstić information content (AvgIpc) is 2.28. The molecule has 0 fully saturated rings. The van der Waals surface area contributed by atoms with Gasteiger partial charge >= 0.3 is 0 Å². The molecule has 0 spiro atoms. The summed E-state index contributed by atoms with van der Waals surface area (Å²) in [4.78, 5) is 0. The maximum atomic E-state index is 9.85. The van der Waals surface area contributed by atoms with Gasteiger partial charge in [-0.1, -0.05) is 6.07 Å². The molecule has 1 aliphatic heterocycles. The Morgan fingerprint density at radius 3 is 2.60 bits per heavy atom. The normalized spacial score (nSPS) is 18.3. The lowest BCUT2D eigenvalue weighted by molar-refractivity contribution is -0.00264. The van der Waals surface area contributed by atoms with Crippen LogP contribution in [-0.4, -0.2) is 30.0 Å². The molecule has 0 radical (unpaired) electrons. The Hall–Kier alpha value is -1.26. The molecular weight excluding hydrogens is 196 g/mol. The van der Waals surface area contributed by atoms with Crippen LogP contribution in [0.4, 0.5) is 0 Å². The number of ether oxygens (including phenoxy) is 2. The van der Waals surface area contributed by atoms with Gasteiger partial charge in [0.05, 0.1) is 6.61 Å². The number of aliphatic hydroxyl groups is 2. The third-order valence-corrected chi connectivity index (χ3v) is 2.47. The fraction of sp³-hybridized carbons (Fsp3) is 0.455. The van der Waals surface area contributed by atoms with Gasteiger partial charge < -0.3 is 19.7 Å². The Labute approximate surface area is 88.1 Å².